The molecule has 0 heterocycles. The number of carbonyl (C=O) groups excluding carboxylic acids is 1. The highest BCUT2D eigenvalue weighted by molar-refractivity contribution is 5.93. The molecule has 1 fully saturated rings. The van der Waals surface area contributed by atoms with Gasteiger partial charge in [0.25, 0.3) is 0 Å². The van der Waals surface area contributed by atoms with Gasteiger partial charge in [-0.2, -0.15) is 0 Å². The van der Waals surface area contributed by atoms with Crippen LogP contribution in [0.25, 0.3) is 0 Å². The van der Waals surface area contributed by atoms with Gasteiger partial charge in [0.05, 0.1) is 14.2 Å². The predicted molar refractivity (Wildman–Crippen MR) is 93.1 cm³/mol. The van der Waals surface area contributed by atoms with Crippen molar-refractivity contribution in [2.75, 3.05) is 19.5 Å². The van der Waals surface area contributed by atoms with Crippen LogP contribution in [0.15, 0.2) is 18.2 Å². The molecule has 1 N–H and O–H groups in total. The number of rotatable bonds is 7. The highest BCUT2D eigenvalue weighted by atomic mass is 16.5. The molecule has 23 heavy (non-hydrogen) atoms. The van der Waals surface area contributed by atoms with Crippen molar-refractivity contribution < 1.29 is 14.3 Å². The van der Waals surface area contributed by atoms with E-state index in [0.717, 1.165) is 24.4 Å². The van der Waals surface area contributed by atoms with E-state index in [2.05, 4.69) is 12.2 Å². The van der Waals surface area contributed by atoms with Gasteiger partial charge in [-0.05, 0) is 31.6 Å². The Morgan fingerprint density at radius 1 is 1.09 bits per heavy atom. The monoisotopic (exact) mass is 319 g/mol. The highest BCUT2D eigenvalue weighted by Gasteiger charge is 2.26. The maximum atomic E-state index is 12.5. The largest absolute Gasteiger partial charge is 0.497 e. The van der Waals surface area contributed by atoms with Gasteiger partial charge in [0, 0.05) is 29.8 Å². The molecular weight excluding hydrogens is 290 g/mol. The lowest BCUT2D eigenvalue weighted by Gasteiger charge is -2.27. The molecule has 0 spiro atoms. The van der Waals surface area contributed by atoms with Gasteiger partial charge >= 0.3 is 0 Å². The van der Waals surface area contributed by atoms with E-state index in [9.17, 15) is 4.79 Å². The van der Waals surface area contributed by atoms with Crippen LogP contribution in [-0.4, -0.2) is 20.1 Å². The molecule has 0 aromatic heterocycles. The Kier molecular flexibility index (Phi) is 6.75. The first-order valence-electron chi connectivity index (χ1n) is 8.70. The van der Waals surface area contributed by atoms with Crippen molar-refractivity contribution >= 4 is 11.6 Å². The van der Waals surface area contributed by atoms with Gasteiger partial charge in [-0.3, -0.25) is 4.79 Å². The first-order valence-corrected chi connectivity index (χ1v) is 8.70. The number of anilines is 1. The number of amides is 1. The molecule has 0 saturated heterocycles. The summed E-state index contributed by atoms with van der Waals surface area (Å²) in [6.07, 6.45) is 8.25. The van der Waals surface area contributed by atoms with E-state index in [1.165, 1.54) is 32.1 Å². The van der Waals surface area contributed by atoms with Gasteiger partial charge in [0.15, 0.2) is 0 Å². The van der Waals surface area contributed by atoms with Crippen molar-refractivity contribution in [3.8, 4) is 11.5 Å². The van der Waals surface area contributed by atoms with Gasteiger partial charge in [0.2, 0.25) is 5.91 Å². The van der Waals surface area contributed by atoms with Gasteiger partial charge in [-0.25, -0.2) is 0 Å². The molecule has 1 aromatic rings. The second kappa shape index (κ2) is 8.80. The molecule has 4 heteroatoms. The number of benzene rings is 1. The molecule has 0 atom stereocenters. The third kappa shape index (κ3) is 5.15. The minimum absolute atomic E-state index is 0.120. The first-order chi connectivity index (χ1) is 11.2. The molecule has 4 nitrogen and oxygen atoms in total. The predicted octanol–water partition coefficient (Wildman–Crippen LogP) is 4.64. The quantitative estimate of drug-likeness (QED) is 0.796. The fraction of sp³-hybridized carbons (Fsp3) is 0.632. The van der Waals surface area contributed by atoms with Crippen molar-refractivity contribution in [2.45, 2.75) is 51.9 Å². The Hall–Kier alpha value is -1.71. The Morgan fingerprint density at radius 3 is 2.22 bits per heavy atom. The summed E-state index contributed by atoms with van der Waals surface area (Å²) in [5, 5.41) is 3.02. The third-order valence-corrected chi connectivity index (χ3v) is 4.80. The van der Waals surface area contributed by atoms with E-state index in [1.54, 1.807) is 20.3 Å². The molecule has 1 aromatic carbocycles. The topological polar surface area (TPSA) is 47.6 Å². The number of carbonyl (C=O) groups is 1. The second-order valence-electron chi connectivity index (χ2n) is 6.45. The summed E-state index contributed by atoms with van der Waals surface area (Å²) in [4.78, 5) is 12.5. The Balaban J connectivity index is 1.90. The molecule has 1 amide bonds. The van der Waals surface area contributed by atoms with Crippen molar-refractivity contribution in [1.29, 1.82) is 0 Å². The van der Waals surface area contributed by atoms with Crippen molar-refractivity contribution in [1.82, 2.24) is 0 Å². The van der Waals surface area contributed by atoms with Crippen molar-refractivity contribution in [2.24, 2.45) is 11.8 Å². The van der Waals surface area contributed by atoms with Crippen LogP contribution >= 0.6 is 0 Å². The number of hydrogen-bond acceptors (Lipinski definition) is 3. The fourth-order valence-electron chi connectivity index (χ4n) is 3.33. The van der Waals surface area contributed by atoms with Crippen molar-refractivity contribution in [3.05, 3.63) is 18.2 Å². The lowest BCUT2D eigenvalue weighted by Crippen LogP contribution is -2.27. The summed E-state index contributed by atoms with van der Waals surface area (Å²) >= 11 is 0. The zero-order valence-corrected chi connectivity index (χ0v) is 14.6. The van der Waals surface area contributed by atoms with Gasteiger partial charge in [-0.1, -0.05) is 26.2 Å². The number of hydrogen-bond donors (Lipinski definition) is 1. The lowest BCUT2D eigenvalue weighted by molar-refractivity contribution is -0.121. The molecule has 2 rings (SSSR count). The molecule has 0 unspecified atom stereocenters. The Bertz CT molecular complexity index is 485. The van der Waals surface area contributed by atoms with E-state index in [-0.39, 0.29) is 11.8 Å². The summed E-state index contributed by atoms with van der Waals surface area (Å²) in [5.41, 5.74) is 0.735. The normalized spacial score (nSPS) is 20.8. The zero-order valence-electron chi connectivity index (χ0n) is 14.6. The summed E-state index contributed by atoms with van der Waals surface area (Å²) in [5.74, 6) is 2.43. The van der Waals surface area contributed by atoms with E-state index in [0.29, 0.717) is 11.5 Å². The van der Waals surface area contributed by atoms with Crippen LogP contribution in [0.4, 0.5) is 5.69 Å². The van der Waals surface area contributed by atoms with Crippen molar-refractivity contribution in [3.63, 3.8) is 0 Å². The first kappa shape index (κ1) is 17.6. The number of methoxy groups -OCH3 is 2. The van der Waals surface area contributed by atoms with Crippen LogP contribution in [-0.2, 0) is 4.79 Å². The van der Waals surface area contributed by atoms with Crippen LogP contribution in [0.5, 0.6) is 11.5 Å². The summed E-state index contributed by atoms with van der Waals surface area (Å²) in [6, 6.07) is 5.45. The van der Waals surface area contributed by atoms with Gasteiger partial charge in [0.1, 0.15) is 11.5 Å². The smallest absolute Gasteiger partial charge is 0.227 e. The van der Waals surface area contributed by atoms with E-state index < -0.39 is 0 Å². The van der Waals surface area contributed by atoms with Crippen LogP contribution in [0.1, 0.15) is 51.9 Å². The molecule has 0 radical (unpaired) electrons. The van der Waals surface area contributed by atoms with Crippen LogP contribution < -0.4 is 14.8 Å². The molecule has 0 bridgehead atoms. The summed E-state index contributed by atoms with van der Waals surface area (Å²) in [6.45, 7) is 2.24. The van der Waals surface area contributed by atoms with Crippen LogP contribution in [0.2, 0.25) is 0 Å². The molecule has 1 aliphatic rings. The average molecular weight is 319 g/mol. The van der Waals surface area contributed by atoms with E-state index >= 15 is 0 Å². The molecule has 0 aliphatic heterocycles. The van der Waals surface area contributed by atoms with E-state index in [1.807, 2.05) is 12.1 Å². The minimum atomic E-state index is 0.120. The lowest BCUT2D eigenvalue weighted by atomic mass is 9.79. The number of ether oxygens (including phenoxy) is 2. The molecule has 1 aliphatic carbocycles. The van der Waals surface area contributed by atoms with Crippen LogP contribution in [0, 0.1) is 11.8 Å². The number of unbranched alkanes of at least 4 members (excludes halogenated alkanes) is 1. The maximum Gasteiger partial charge on any atom is 0.227 e. The fourth-order valence-corrected chi connectivity index (χ4v) is 3.33. The summed E-state index contributed by atoms with van der Waals surface area (Å²) < 4.78 is 10.5. The van der Waals surface area contributed by atoms with Gasteiger partial charge in [-0.15, -0.1) is 0 Å². The Morgan fingerprint density at radius 2 is 1.70 bits per heavy atom. The Labute approximate surface area is 139 Å². The maximum absolute atomic E-state index is 12.5. The highest BCUT2D eigenvalue weighted by Crippen LogP contribution is 2.33. The summed E-state index contributed by atoms with van der Waals surface area (Å²) in [7, 11) is 3.22. The second-order valence-corrected chi connectivity index (χ2v) is 6.45. The molecule has 128 valence electrons. The average Bonchev–Trinajstić information content (AvgIpc) is 2.59. The standard InChI is InChI=1S/C19H29NO3/c1-4-5-6-14-7-9-15(10-8-14)19(21)20-16-11-17(22-2)13-18(12-16)23-3/h11-15H,4-10H2,1-3H3,(H,20,21). The molecule has 1 saturated carbocycles. The van der Waals surface area contributed by atoms with Gasteiger partial charge < -0.3 is 14.8 Å². The van der Waals surface area contributed by atoms with E-state index in [4.69, 9.17) is 9.47 Å². The SMILES string of the molecule is CCCCC1CCC(C(=O)Nc2cc(OC)cc(OC)c2)CC1. The van der Waals surface area contributed by atoms with Crippen LogP contribution in [0.3, 0.4) is 0 Å². The third-order valence-electron chi connectivity index (χ3n) is 4.80. The molecular formula is C19H29NO3. The zero-order chi connectivity index (χ0) is 16.7. The minimum Gasteiger partial charge on any atom is -0.497 e. The number of nitrogens with one attached hydrogen (secondary N) is 1.